The predicted octanol–water partition coefficient (Wildman–Crippen LogP) is 5.64. The Morgan fingerprint density at radius 3 is 2.57 bits per heavy atom. The van der Waals surface area contributed by atoms with Crippen LogP contribution < -0.4 is 10.1 Å². The Morgan fingerprint density at radius 2 is 1.90 bits per heavy atom. The van der Waals surface area contributed by atoms with Gasteiger partial charge < -0.3 is 10.1 Å². The summed E-state index contributed by atoms with van der Waals surface area (Å²) < 4.78 is 6.76. The van der Waals surface area contributed by atoms with E-state index < -0.39 is 0 Å². The summed E-state index contributed by atoms with van der Waals surface area (Å²) in [4.78, 5) is 0. The Balaban J connectivity index is 2.04. The van der Waals surface area contributed by atoms with Crippen molar-refractivity contribution in [3.63, 3.8) is 0 Å². The number of rotatable bonds is 6. The van der Waals surface area contributed by atoms with Crippen LogP contribution in [0.4, 0.5) is 0 Å². The molecule has 0 amide bonds. The predicted molar refractivity (Wildman–Crippen MR) is 92.2 cm³/mol. The number of hydrogen-bond donors (Lipinski definition) is 1. The second-order valence-electron chi connectivity index (χ2n) is 5.32. The number of benzene rings is 2. The van der Waals surface area contributed by atoms with Gasteiger partial charge in [0.1, 0.15) is 11.5 Å². The minimum atomic E-state index is 0.604. The molecule has 2 rings (SSSR count). The van der Waals surface area contributed by atoms with Crippen LogP contribution >= 0.6 is 27.5 Å². The van der Waals surface area contributed by atoms with Crippen molar-refractivity contribution in [2.45, 2.75) is 20.4 Å². The van der Waals surface area contributed by atoms with Gasteiger partial charge in [-0.3, -0.25) is 0 Å². The molecule has 0 aromatic heterocycles. The van der Waals surface area contributed by atoms with E-state index in [0.717, 1.165) is 23.3 Å². The summed E-state index contributed by atoms with van der Waals surface area (Å²) in [6.45, 7) is 6.26. The average molecular weight is 369 g/mol. The number of nitrogens with one attached hydrogen (secondary N) is 1. The van der Waals surface area contributed by atoms with Crippen molar-refractivity contribution >= 4 is 27.5 Å². The molecule has 0 fully saturated rings. The van der Waals surface area contributed by atoms with E-state index in [0.29, 0.717) is 16.7 Å². The minimum Gasteiger partial charge on any atom is -0.455 e. The fourth-order valence-corrected chi connectivity index (χ4v) is 2.57. The molecule has 0 aliphatic carbocycles. The first-order valence-electron chi connectivity index (χ1n) is 6.98. The van der Waals surface area contributed by atoms with E-state index >= 15 is 0 Å². The van der Waals surface area contributed by atoms with Crippen molar-refractivity contribution in [3.05, 3.63) is 57.5 Å². The van der Waals surface area contributed by atoms with Gasteiger partial charge in [0.25, 0.3) is 0 Å². The summed E-state index contributed by atoms with van der Waals surface area (Å²) in [5.74, 6) is 2.07. The molecule has 0 radical (unpaired) electrons. The van der Waals surface area contributed by atoms with Crippen LogP contribution in [0.3, 0.4) is 0 Å². The smallest absolute Gasteiger partial charge is 0.146 e. The van der Waals surface area contributed by atoms with Gasteiger partial charge in [0.2, 0.25) is 0 Å². The van der Waals surface area contributed by atoms with Crippen molar-refractivity contribution in [2.24, 2.45) is 5.92 Å². The summed E-state index contributed by atoms with van der Waals surface area (Å²) in [5, 5.41) is 4.03. The van der Waals surface area contributed by atoms with Gasteiger partial charge in [0.15, 0.2) is 0 Å². The van der Waals surface area contributed by atoms with E-state index in [9.17, 15) is 0 Å². The molecule has 2 aromatic carbocycles. The van der Waals surface area contributed by atoms with Gasteiger partial charge in [-0.25, -0.2) is 0 Å². The highest BCUT2D eigenvalue weighted by molar-refractivity contribution is 9.10. The second kappa shape index (κ2) is 7.83. The first-order chi connectivity index (χ1) is 10.1. The zero-order valence-electron chi connectivity index (χ0n) is 12.2. The van der Waals surface area contributed by atoms with Gasteiger partial charge in [-0.2, -0.15) is 0 Å². The van der Waals surface area contributed by atoms with Crippen molar-refractivity contribution in [1.82, 2.24) is 5.32 Å². The van der Waals surface area contributed by atoms with Gasteiger partial charge in [-0.05, 0) is 58.2 Å². The molecule has 0 atom stereocenters. The van der Waals surface area contributed by atoms with Crippen LogP contribution in [0.2, 0.25) is 5.02 Å². The van der Waals surface area contributed by atoms with Gasteiger partial charge in [-0.1, -0.05) is 43.6 Å². The molecule has 2 aromatic rings. The van der Waals surface area contributed by atoms with Crippen molar-refractivity contribution in [2.75, 3.05) is 6.54 Å². The summed E-state index contributed by atoms with van der Waals surface area (Å²) >= 11 is 9.66. The molecule has 0 unspecified atom stereocenters. The Kier molecular flexibility index (Phi) is 6.09. The molecule has 0 saturated heterocycles. The quantitative estimate of drug-likeness (QED) is 0.712. The average Bonchev–Trinajstić information content (AvgIpc) is 2.43. The molecule has 21 heavy (non-hydrogen) atoms. The maximum atomic E-state index is 6.11. The van der Waals surface area contributed by atoms with E-state index in [4.69, 9.17) is 16.3 Å². The SMILES string of the molecule is CC(C)CNCc1ccc(Oc2ccccc2Cl)c(Br)c1. The van der Waals surface area contributed by atoms with Gasteiger partial charge in [0.05, 0.1) is 9.50 Å². The molecule has 2 nitrogen and oxygen atoms in total. The first-order valence-corrected chi connectivity index (χ1v) is 8.15. The van der Waals surface area contributed by atoms with Crippen molar-refractivity contribution in [1.29, 1.82) is 0 Å². The zero-order valence-corrected chi connectivity index (χ0v) is 14.5. The fraction of sp³-hybridized carbons (Fsp3) is 0.294. The topological polar surface area (TPSA) is 21.3 Å². The van der Waals surface area contributed by atoms with Crippen LogP contribution in [-0.4, -0.2) is 6.54 Å². The van der Waals surface area contributed by atoms with Crippen molar-refractivity contribution in [3.8, 4) is 11.5 Å². The Labute approximate surface area is 139 Å². The van der Waals surface area contributed by atoms with Crippen LogP contribution in [0.25, 0.3) is 0 Å². The highest BCUT2D eigenvalue weighted by atomic mass is 79.9. The molecule has 0 spiro atoms. The highest BCUT2D eigenvalue weighted by Crippen LogP contribution is 2.33. The summed E-state index contributed by atoms with van der Waals surface area (Å²) in [7, 11) is 0. The first kappa shape index (κ1) is 16.3. The van der Waals surface area contributed by atoms with E-state index in [-0.39, 0.29) is 0 Å². The molecule has 0 heterocycles. The Hall–Kier alpha value is -1.03. The molecule has 0 saturated carbocycles. The lowest BCUT2D eigenvalue weighted by Gasteiger charge is -2.11. The van der Waals surface area contributed by atoms with Gasteiger partial charge in [0, 0.05) is 6.54 Å². The van der Waals surface area contributed by atoms with Crippen molar-refractivity contribution < 1.29 is 4.74 Å². The van der Waals surface area contributed by atoms with Crippen LogP contribution in [0.1, 0.15) is 19.4 Å². The number of halogens is 2. The maximum absolute atomic E-state index is 6.11. The van der Waals surface area contributed by atoms with Gasteiger partial charge >= 0.3 is 0 Å². The maximum Gasteiger partial charge on any atom is 0.146 e. The summed E-state index contributed by atoms with van der Waals surface area (Å²) in [5.41, 5.74) is 1.22. The fourth-order valence-electron chi connectivity index (χ4n) is 1.89. The standard InChI is InChI=1S/C17H19BrClNO/c1-12(2)10-20-11-13-7-8-16(14(18)9-13)21-17-6-4-3-5-15(17)19/h3-9,12,20H,10-11H2,1-2H3. The monoisotopic (exact) mass is 367 g/mol. The van der Waals surface area contributed by atoms with Crippen LogP contribution in [0.15, 0.2) is 46.9 Å². The molecular formula is C17H19BrClNO. The normalized spacial score (nSPS) is 10.9. The van der Waals surface area contributed by atoms with Crippen LogP contribution in [-0.2, 0) is 6.54 Å². The lowest BCUT2D eigenvalue weighted by molar-refractivity contribution is 0.479. The molecule has 0 aliphatic heterocycles. The lowest BCUT2D eigenvalue weighted by Crippen LogP contribution is -2.18. The molecule has 4 heteroatoms. The van der Waals surface area contributed by atoms with E-state index in [1.54, 1.807) is 0 Å². The van der Waals surface area contributed by atoms with Gasteiger partial charge in [-0.15, -0.1) is 0 Å². The summed E-state index contributed by atoms with van der Waals surface area (Å²) in [6.07, 6.45) is 0. The third kappa shape index (κ3) is 5.03. The minimum absolute atomic E-state index is 0.604. The molecule has 112 valence electrons. The number of hydrogen-bond acceptors (Lipinski definition) is 2. The van der Waals surface area contributed by atoms with E-state index in [2.05, 4.69) is 47.2 Å². The number of para-hydroxylation sites is 1. The highest BCUT2D eigenvalue weighted by Gasteiger charge is 2.07. The third-order valence-electron chi connectivity index (χ3n) is 2.93. The molecule has 0 aliphatic rings. The number of ether oxygens (including phenoxy) is 1. The molecular weight excluding hydrogens is 350 g/mol. The van der Waals surface area contributed by atoms with E-state index in [1.165, 1.54) is 5.56 Å². The van der Waals surface area contributed by atoms with E-state index in [1.807, 2.05) is 30.3 Å². The molecule has 0 bridgehead atoms. The van der Waals surface area contributed by atoms with Crippen LogP contribution in [0, 0.1) is 5.92 Å². The zero-order chi connectivity index (χ0) is 15.2. The third-order valence-corrected chi connectivity index (χ3v) is 3.87. The second-order valence-corrected chi connectivity index (χ2v) is 6.58. The lowest BCUT2D eigenvalue weighted by atomic mass is 10.2. The summed E-state index contributed by atoms with van der Waals surface area (Å²) in [6, 6.07) is 13.5. The molecule has 1 N–H and O–H groups in total. The largest absolute Gasteiger partial charge is 0.455 e. The van der Waals surface area contributed by atoms with Crippen LogP contribution in [0.5, 0.6) is 11.5 Å². The Morgan fingerprint density at radius 1 is 1.14 bits per heavy atom. The Bertz CT molecular complexity index is 601.